The van der Waals surface area contributed by atoms with Crippen LogP contribution in [0.15, 0.2) is 24.3 Å². The van der Waals surface area contributed by atoms with Gasteiger partial charge in [0.2, 0.25) is 0 Å². The summed E-state index contributed by atoms with van der Waals surface area (Å²) in [6.07, 6.45) is 28.5. The molecule has 1 aromatic carbocycles. The van der Waals surface area contributed by atoms with Crippen LogP contribution >= 0.6 is 0 Å². The third-order valence-electron chi connectivity index (χ3n) is 8.99. The van der Waals surface area contributed by atoms with E-state index < -0.39 is 11.9 Å². The lowest BCUT2D eigenvalue weighted by Crippen LogP contribution is -2.23. The Kier molecular flexibility index (Phi) is 27.8. The molecule has 0 saturated heterocycles. The van der Waals surface area contributed by atoms with Gasteiger partial charge in [0, 0.05) is 13.1 Å². The number of ether oxygens (including phenoxy) is 2. The Labute approximate surface area is 284 Å². The molecule has 0 aliphatic rings. The van der Waals surface area contributed by atoms with E-state index >= 15 is 0 Å². The Balaban J connectivity index is 2.14. The Morgan fingerprint density at radius 2 is 0.739 bits per heavy atom. The molecule has 0 aliphatic carbocycles. The van der Waals surface area contributed by atoms with E-state index in [-0.39, 0.29) is 11.1 Å². The van der Waals surface area contributed by atoms with Crippen LogP contribution in [0.2, 0.25) is 0 Å². The van der Waals surface area contributed by atoms with Crippen LogP contribution in [0, 0.1) is 0 Å². The molecule has 6 nitrogen and oxygen atoms in total. The zero-order valence-corrected chi connectivity index (χ0v) is 30.6. The average Bonchev–Trinajstić information content (AvgIpc) is 3.06. The van der Waals surface area contributed by atoms with Crippen LogP contribution in [0.1, 0.15) is 176 Å². The number of hydrogen-bond acceptors (Lipinski definition) is 6. The first-order valence-corrected chi connectivity index (χ1v) is 19.3. The lowest BCUT2D eigenvalue weighted by molar-refractivity contribution is 0.0444. The zero-order chi connectivity index (χ0) is 33.5. The van der Waals surface area contributed by atoms with E-state index in [0.717, 1.165) is 39.0 Å². The van der Waals surface area contributed by atoms with E-state index in [1.807, 2.05) is 0 Å². The molecule has 0 fully saturated rings. The van der Waals surface area contributed by atoms with Crippen LogP contribution in [0.3, 0.4) is 0 Å². The minimum Gasteiger partial charge on any atom is -0.462 e. The lowest BCUT2D eigenvalue weighted by Gasteiger charge is -2.17. The predicted molar refractivity (Wildman–Crippen MR) is 195 cm³/mol. The molecule has 1 aromatic rings. The van der Waals surface area contributed by atoms with E-state index in [1.54, 1.807) is 24.3 Å². The molecule has 6 heteroatoms. The molecule has 0 heterocycles. The van der Waals surface area contributed by atoms with Gasteiger partial charge in [-0.15, -0.1) is 0 Å². The van der Waals surface area contributed by atoms with Gasteiger partial charge in [-0.25, -0.2) is 9.59 Å². The summed E-state index contributed by atoms with van der Waals surface area (Å²) in [6.45, 7) is 9.16. The second-order valence-corrected chi connectivity index (χ2v) is 13.5. The number of carbonyl (C=O) groups is 2. The number of esters is 2. The summed E-state index contributed by atoms with van der Waals surface area (Å²) in [5.74, 6) is -0.915. The van der Waals surface area contributed by atoms with Crippen molar-refractivity contribution in [3.63, 3.8) is 0 Å². The molecule has 0 atom stereocenters. The smallest absolute Gasteiger partial charge is 0.339 e. The minimum atomic E-state index is -0.457. The van der Waals surface area contributed by atoms with Gasteiger partial charge in [-0.05, 0) is 65.0 Å². The van der Waals surface area contributed by atoms with Crippen molar-refractivity contribution in [2.75, 3.05) is 53.5 Å². The molecule has 0 radical (unpaired) electrons. The summed E-state index contributed by atoms with van der Waals surface area (Å²) in [7, 11) is 4.27. The lowest BCUT2D eigenvalue weighted by atomic mass is 10.1. The molecule has 0 spiro atoms. The number of benzene rings is 1. The van der Waals surface area contributed by atoms with Crippen LogP contribution in [-0.2, 0) is 9.47 Å². The first kappa shape index (κ1) is 42.1. The summed E-state index contributed by atoms with van der Waals surface area (Å²) >= 11 is 0. The molecular weight excluding hydrogens is 572 g/mol. The topological polar surface area (TPSA) is 59.1 Å². The molecular formula is C40H72N2O4. The quantitative estimate of drug-likeness (QED) is 0.0574. The number of carbonyl (C=O) groups excluding carboxylic acids is 2. The monoisotopic (exact) mass is 645 g/mol. The Morgan fingerprint density at radius 3 is 1.07 bits per heavy atom. The second-order valence-electron chi connectivity index (χ2n) is 13.5. The Morgan fingerprint density at radius 1 is 0.457 bits per heavy atom. The Bertz CT molecular complexity index is 792. The fourth-order valence-electron chi connectivity index (χ4n) is 5.96. The summed E-state index contributed by atoms with van der Waals surface area (Å²) in [6, 6.07) is 6.82. The van der Waals surface area contributed by atoms with Crippen molar-refractivity contribution in [3.05, 3.63) is 35.4 Å². The normalized spacial score (nSPS) is 11.4. The molecule has 0 unspecified atom stereocenters. The van der Waals surface area contributed by atoms with Crippen molar-refractivity contribution in [2.45, 2.75) is 155 Å². The third kappa shape index (κ3) is 23.4. The fraction of sp³-hybridized carbons (Fsp3) is 0.800. The van der Waals surface area contributed by atoms with E-state index in [0.29, 0.717) is 13.2 Å². The minimum absolute atomic E-state index is 0.282. The highest BCUT2D eigenvalue weighted by Gasteiger charge is 2.19. The van der Waals surface area contributed by atoms with Gasteiger partial charge in [-0.2, -0.15) is 0 Å². The number of nitrogens with zero attached hydrogens (tertiary/aromatic N) is 2. The number of rotatable bonds is 32. The molecule has 0 aromatic heterocycles. The van der Waals surface area contributed by atoms with Crippen LogP contribution in [0.4, 0.5) is 0 Å². The summed E-state index contributed by atoms with van der Waals surface area (Å²) < 4.78 is 11.1. The van der Waals surface area contributed by atoms with E-state index in [9.17, 15) is 9.59 Å². The van der Waals surface area contributed by atoms with Crippen molar-refractivity contribution in [1.29, 1.82) is 0 Å². The van der Waals surface area contributed by atoms with E-state index in [4.69, 9.17) is 9.47 Å². The highest BCUT2D eigenvalue weighted by atomic mass is 16.5. The first-order valence-electron chi connectivity index (χ1n) is 19.3. The number of hydrogen-bond donors (Lipinski definition) is 0. The van der Waals surface area contributed by atoms with Crippen molar-refractivity contribution < 1.29 is 19.1 Å². The molecule has 0 amide bonds. The van der Waals surface area contributed by atoms with Crippen LogP contribution in [0.25, 0.3) is 0 Å². The maximum Gasteiger partial charge on any atom is 0.339 e. The molecule has 1 rings (SSSR count). The van der Waals surface area contributed by atoms with E-state index in [1.165, 1.54) is 128 Å². The van der Waals surface area contributed by atoms with Crippen LogP contribution < -0.4 is 0 Å². The second kappa shape index (κ2) is 30.4. The highest BCUT2D eigenvalue weighted by molar-refractivity contribution is 6.03. The highest BCUT2D eigenvalue weighted by Crippen LogP contribution is 2.14. The summed E-state index contributed by atoms with van der Waals surface area (Å²) in [4.78, 5) is 30.2. The SMILES string of the molecule is CCCCCCCCCCCCN(C)CCCOC(=O)c1ccccc1C(=O)OCCCN(C)CCCCCCCCCCCC. The molecule has 0 bridgehead atoms. The van der Waals surface area contributed by atoms with Gasteiger partial charge < -0.3 is 19.3 Å². The Hall–Kier alpha value is -1.92. The molecule has 0 aliphatic heterocycles. The molecule has 0 N–H and O–H groups in total. The van der Waals surface area contributed by atoms with Crippen LogP contribution in [0.5, 0.6) is 0 Å². The largest absolute Gasteiger partial charge is 0.462 e. The van der Waals surface area contributed by atoms with Gasteiger partial charge in [0.1, 0.15) is 0 Å². The first-order chi connectivity index (χ1) is 22.5. The van der Waals surface area contributed by atoms with Gasteiger partial charge >= 0.3 is 11.9 Å². The van der Waals surface area contributed by atoms with Gasteiger partial charge in [0.15, 0.2) is 0 Å². The van der Waals surface area contributed by atoms with Gasteiger partial charge in [0.05, 0.1) is 24.3 Å². The maximum absolute atomic E-state index is 12.8. The van der Waals surface area contributed by atoms with Crippen molar-refractivity contribution >= 4 is 11.9 Å². The molecule has 266 valence electrons. The molecule has 46 heavy (non-hydrogen) atoms. The zero-order valence-electron chi connectivity index (χ0n) is 30.6. The van der Waals surface area contributed by atoms with Gasteiger partial charge in [0.25, 0.3) is 0 Å². The summed E-state index contributed by atoms with van der Waals surface area (Å²) in [5.41, 5.74) is 0.564. The average molecular weight is 645 g/mol. The van der Waals surface area contributed by atoms with Crippen LogP contribution in [-0.4, -0.2) is 75.2 Å². The third-order valence-corrected chi connectivity index (χ3v) is 8.99. The standard InChI is InChI=1S/C40H72N2O4/c1-5-7-9-11-13-15-17-19-21-25-31-41(3)33-27-35-45-39(43)37-29-23-24-30-38(37)40(44)46-36-28-34-42(4)32-26-22-20-18-16-14-12-10-8-6-2/h23-24,29-30H,5-22,25-28,31-36H2,1-4H3. The van der Waals surface area contributed by atoms with Gasteiger partial charge in [-0.1, -0.05) is 142 Å². The van der Waals surface area contributed by atoms with Gasteiger partial charge in [-0.3, -0.25) is 0 Å². The fourth-order valence-corrected chi connectivity index (χ4v) is 5.96. The van der Waals surface area contributed by atoms with Crippen molar-refractivity contribution in [3.8, 4) is 0 Å². The van der Waals surface area contributed by atoms with Crippen molar-refractivity contribution in [2.24, 2.45) is 0 Å². The molecule has 0 saturated carbocycles. The predicted octanol–water partition coefficient (Wildman–Crippen LogP) is 10.5. The maximum atomic E-state index is 12.8. The summed E-state index contributed by atoms with van der Waals surface area (Å²) in [5, 5.41) is 0. The van der Waals surface area contributed by atoms with E-state index in [2.05, 4.69) is 37.7 Å². The van der Waals surface area contributed by atoms with Crippen molar-refractivity contribution in [1.82, 2.24) is 9.80 Å². The number of unbranched alkanes of at least 4 members (excludes halogenated alkanes) is 18.